The molecule has 0 saturated carbocycles. The second kappa shape index (κ2) is 16.7. The van der Waals surface area contributed by atoms with Gasteiger partial charge >= 0.3 is 0 Å². The van der Waals surface area contributed by atoms with Gasteiger partial charge in [0.1, 0.15) is 22.4 Å². The molecule has 0 fully saturated rings. The Morgan fingerprint density at radius 3 is 2.18 bits per heavy atom. The fourth-order valence-electron chi connectivity index (χ4n) is 4.71. The summed E-state index contributed by atoms with van der Waals surface area (Å²) < 4.78 is 10.8. The summed E-state index contributed by atoms with van der Waals surface area (Å²) in [7, 11) is 3.05. The van der Waals surface area contributed by atoms with E-state index >= 15 is 0 Å². The van der Waals surface area contributed by atoms with Crippen LogP contribution in [0.3, 0.4) is 0 Å². The van der Waals surface area contributed by atoms with E-state index in [1.165, 1.54) is 24.9 Å². The molecular formula is C38H31Cl2N3O5S. The molecule has 0 aliphatic heterocycles. The number of halogens is 2. The highest BCUT2D eigenvalue weighted by Crippen LogP contribution is 2.38. The van der Waals surface area contributed by atoms with Crippen molar-refractivity contribution >= 4 is 70.1 Å². The molecule has 0 saturated heterocycles. The monoisotopic (exact) mass is 711 g/mol. The number of rotatable bonds is 12. The minimum absolute atomic E-state index is 0.0169. The summed E-state index contributed by atoms with van der Waals surface area (Å²) in [5, 5.41) is 8.64. The van der Waals surface area contributed by atoms with Crippen LogP contribution < -0.4 is 25.4 Å². The van der Waals surface area contributed by atoms with Crippen molar-refractivity contribution < 1.29 is 23.9 Å². The lowest BCUT2D eigenvalue weighted by Gasteiger charge is -2.18. The highest BCUT2D eigenvalue weighted by atomic mass is 35.5. The fourth-order valence-corrected chi connectivity index (χ4v) is 6.25. The van der Waals surface area contributed by atoms with Gasteiger partial charge in [0.25, 0.3) is 11.8 Å². The highest BCUT2D eigenvalue weighted by Gasteiger charge is 2.24. The SMILES string of the molecule is COc1ccc(/C=C(/NC(=O)c2ccccc2)C(=O)Nc2cccc(SC(C(=O)Nc3ccc(Cl)cc3Cl)c3ccccc3)c2)c(OC)c1. The molecule has 0 aliphatic rings. The Morgan fingerprint density at radius 2 is 1.49 bits per heavy atom. The molecular weight excluding hydrogens is 681 g/mol. The van der Waals surface area contributed by atoms with E-state index in [9.17, 15) is 14.4 Å². The average molecular weight is 713 g/mol. The van der Waals surface area contributed by atoms with Gasteiger partial charge in [0.05, 0.1) is 24.9 Å². The summed E-state index contributed by atoms with van der Waals surface area (Å²) in [5.41, 5.74) is 2.56. The third-order valence-corrected chi connectivity index (χ3v) is 8.94. The number of carbonyl (C=O) groups is 3. The maximum atomic E-state index is 13.8. The molecule has 0 bridgehead atoms. The molecule has 0 aromatic heterocycles. The lowest BCUT2D eigenvalue weighted by molar-refractivity contribution is -0.116. The van der Waals surface area contributed by atoms with Gasteiger partial charge in [-0.15, -0.1) is 11.8 Å². The van der Waals surface area contributed by atoms with E-state index in [1.807, 2.05) is 36.4 Å². The van der Waals surface area contributed by atoms with Gasteiger partial charge in [-0.05, 0) is 72.3 Å². The number of benzene rings is 5. The van der Waals surface area contributed by atoms with Crippen molar-refractivity contribution in [2.24, 2.45) is 0 Å². The number of thioether (sulfide) groups is 1. The molecule has 5 aromatic carbocycles. The zero-order valence-electron chi connectivity index (χ0n) is 26.4. The van der Waals surface area contributed by atoms with Gasteiger partial charge in [-0.2, -0.15) is 0 Å². The van der Waals surface area contributed by atoms with E-state index in [2.05, 4.69) is 16.0 Å². The summed E-state index contributed by atoms with van der Waals surface area (Å²) in [6.07, 6.45) is 1.53. The van der Waals surface area contributed by atoms with Crippen LogP contribution in [-0.2, 0) is 9.59 Å². The molecule has 5 aromatic rings. The minimum Gasteiger partial charge on any atom is -0.497 e. The van der Waals surface area contributed by atoms with Gasteiger partial charge in [-0.25, -0.2) is 0 Å². The minimum atomic E-state index is -0.665. The number of hydrogen-bond donors (Lipinski definition) is 3. The van der Waals surface area contributed by atoms with E-state index in [4.69, 9.17) is 32.7 Å². The second-order valence-corrected chi connectivity index (χ2v) is 12.5. The number of anilines is 2. The molecule has 0 spiro atoms. The maximum Gasteiger partial charge on any atom is 0.272 e. The van der Waals surface area contributed by atoms with Gasteiger partial charge < -0.3 is 25.4 Å². The van der Waals surface area contributed by atoms with Gasteiger partial charge in [0.2, 0.25) is 5.91 Å². The molecule has 5 rings (SSSR count). The van der Waals surface area contributed by atoms with Crippen molar-refractivity contribution in [2.45, 2.75) is 10.1 Å². The average Bonchev–Trinajstić information content (AvgIpc) is 3.12. The van der Waals surface area contributed by atoms with Crippen LogP contribution in [0.5, 0.6) is 11.5 Å². The Morgan fingerprint density at radius 1 is 0.755 bits per heavy atom. The van der Waals surface area contributed by atoms with Gasteiger partial charge in [0, 0.05) is 32.8 Å². The zero-order valence-corrected chi connectivity index (χ0v) is 28.7. The van der Waals surface area contributed by atoms with Crippen molar-refractivity contribution in [3.05, 3.63) is 154 Å². The van der Waals surface area contributed by atoms with E-state index in [-0.39, 0.29) is 11.6 Å². The molecule has 8 nitrogen and oxygen atoms in total. The van der Waals surface area contributed by atoms with Crippen LogP contribution >= 0.6 is 35.0 Å². The second-order valence-electron chi connectivity index (χ2n) is 10.5. The van der Waals surface area contributed by atoms with Crippen LogP contribution in [0.4, 0.5) is 11.4 Å². The first-order chi connectivity index (χ1) is 23.7. The summed E-state index contributed by atoms with van der Waals surface area (Å²) in [6, 6.07) is 35.0. The van der Waals surface area contributed by atoms with Crippen molar-refractivity contribution in [2.75, 3.05) is 24.9 Å². The van der Waals surface area contributed by atoms with Crippen LogP contribution in [-0.4, -0.2) is 31.9 Å². The fraction of sp³-hybridized carbons (Fsp3) is 0.0789. The van der Waals surface area contributed by atoms with E-state index in [0.717, 1.165) is 5.56 Å². The predicted octanol–water partition coefficient (Wildman–Crippen LogP) is 8.89. The molecule has 0 radical (unpaired) electrons. The van der Waals surface area contributed by atoms with Crippen molar-refractivity contribution in [3.63, 3.8) is 0 Å². The number of methoxy groups -OCH3 is 2. The van der Waals surface area contributed by atoms with Crippen LogP contribution in [0.15, 0.2) is 132 Å². The van der Waals surface area contributed by atoms with Crippen molar-refractivity contribution in [1.82, 2.24) is 5.32 Å². The normalized spacial score (nSPS) is 11.6. The first kappa shape index (κ1) is 35.1. The van der Waals surface area contributed by atoms with Crippen molar-refractivity contribution in [3.8, 4) is 11.5 Å². The lowest BCUT2D eigenvalue weighted by Crippen LogP contribution is -2.30. The van der Waals surface area contributed by atoms with E-state index < -0.39 is 17.1 Å². The standard InChI is InChI=1S/C38H31Cl2N3O5S/c1-47-29-18-16-26(34(23-29)48-2)20-33(43-36(44)25-12-7-4-8-13-25)37(45)41-28-14-9-15-30(22-28)49-35(24-10-5-3-6-11-24)38(46)42-32-19-17-27(39)21-31(32)40/h3-23,35H,1-2H3,(H,41,45)(H,42,46)(H,43,44)/b33-20+. The first-order valence-corrected chi connectivity index (χ1v) is 16.6. The maximum absolute atomic E-state index is 13.8. The number of nitrogens with one attached hydrogen (secondary N) is 3. The van der Waals surface area contributed by atoms with Crippen LogP contribution in [0, 0.1) is 0 Å². The lowest BCUT2D eigenvalue weighted by atomic mass is 10.1. The van der Waals surface area contributed by atoms with Crippen LogP contribution in [0.2, 0.25) is 10.0 Å². The largest absolute Gasteiger partial charge is 0.497 e. The number of ether oxygens (including phenoxy) is 2. The molecule has 3 amide bonds. The Bertz CT molecular complexity index is 1990. The summed E-state index contributed by atoms with van der Waals surface area (Å²) in [5.74, 6) is -0.309. The Hall–Kier alpha value is -5.22. The van der Waals surface area contributed by atoms with Gasteiger partial charge in [-0.1, -0.05) is 77.8 Å². The van der Waals surface area contributed by atoms with Crippen LogP contribution in [0.25, 0.3) is 6.08 Å². The topological polar surface area (TPSA) is 106 Å². The molecule has 0 aliphatic carbocycles. The van der Waals surface area contributed by atoms with Gasteiger partial charge in [0.15, 0.2) is 0 Å². The Labute approximate surface area is 298 Å². The quantitative estimate of drug-likeness (QED) is 0.0882. The number of hydrogen-bond acceptors (Lipinski definition) is 6. The summed E-state index contributed by atoms with van der Waals surface area (Å²) in [4.78, 5) is 41.3. The Kier molecular flexibility index (Phi) is 12.0. The summed E-state index contributed by atoms with van der Waals surface area (Å²) in [6.45, 7) is 0. The third-order valence-electron chi connectivity index (χ3n) is 7.14. The molecule has 1 atom stereocenters. The molecule has 11 heteroatoms. The van der Waals surface area contributed by atoms with E-state index in [1.54, 1.807) is 92.0 Å². The first-order valence-electron chi connectivity index (χ1n) is 14.9. The molecule has 248 valence electrons. The van der Waals surface area contributed by atoms with Crippen LogP contribution in [0.1, 0.15) is 26.7 Å². The predicted molar refractivity (Wildman–Crippen MR) is 197 cm³/mol. The highest BCUT2D eigenvalue weighted by molar-refractivity contribution is 8.00. The zero-order chi connectivity index (χ0) is 34.8. The molecule has 0 heterocycles. The number of carbonyl (C=O) groups excluding carboxylic acids is 3. The van der Waals surface area contributed by atoms with Crippen molar-refractivity contribution in [1.29, 1.82) is 0 Å². The van der Waals surface area contributed by atoms with E-state index in [0.29, 0.717) is 48.9 Å². The van der Waals surface area contributed by atoms with Gasteiger partial charge in [-0.3, -0.25) is 14.4 Å². The summed E-state index contributed by atoms with van der Waals surface area (Å²) >= 11 is 13.7. The molecule has 49 heavy (non-hydrogen) atoms. The molecule has 3 N–H and O–H groups in total. The smallest absolute Gasteiger partial charge is 0.272 e. The third kappa shape index (κ3) is 9.45. The number of amides is 3. The molecule has 1 unspecified atom stereocenters. The Balaban J connectivity index is 1.41.